The lowest BCUT2D eigenvalue weighted by atomic mass is 10.1. The molecule has 2 atom stereocenters. The Bertz CT molecular complexity index is 803. The van der Waals surface area contributed by atoms with E-state index in [9.17, 15) is 4.79 Å². The lowest BCUT2D eigenvalue weighted by Gasteiger charge is -2.27. The fourth-order valence-electron chi connectivity index (χ4n) is 2.97. The van der Waals surface area contributed by atoms with Crippen LogP contribution in [-0.4, -0.2) is 24.4 Å². The lowest BCUT2D eigenvalue weighted by Crippen LogP contribution is -2.38. The van der Waals surface area contributed by atoms with E-state index in [0.717, 1.165) is 5.56 Å². The Labute approximate surface area is 159 Å². The van der Waals surface area contributed by atoms with Gasteiger partial charge in [-0.25, -0.2) is 0 Å². The molecule has 0 saturated heterocycles. The molecule has 0 aliphatic carbocycles. The van der Waals surface area contributed by atoms with Crippen LogP contribution in [0.15, 0.2) is 78.2 Å². The van der Waals surface area contributed by atoms with Crippen molar-refractivity contribution in [2.75, 3.05) is 13.6 Å². The number of benzene rings is 2. The minimum atomic E-state index is 0.0283. The van der Waals surface area contributed by atoms with E-state index in [4.69, 9.17) is 0 Å². The number of carbonyl (C=O) groups excluding carboxylic acids is 1. The first-order chi connectivity index (χ1) is 12.7. The Morgan fingerprint density at radius 2 is 1.58 bits per heavy atom. The number of hydrogen-bond acceptors (Lipinski definition) is 3. The molecule has 0 saturated carbocycles. The topological polar surface area (TPSA) is 32.3 Å². The molecule has 0 unspecified atom stereocenters. The van der Waals surface area contributed by atoms with Crippen LogP contribution in [0.1, 0.15) is 35.0 Å². The van der Waals surface area contributed by atoms with Crippen molar-refractivity contribution in [1.82, 2.24) is 10.2 Å². The molecule has 3 nitrogen and oxygen atoms in total. The first-order valence-electron chi connectivity index (χ1n) is 8.79. The summed E-state index contributed by atoms with van der Waals surface area (Å²) in [7, 11) is 1.87. The third-order valence-corrected chi connectivity index (χ3v) is 5.61. The lowest BCUT2D eigenvalue weighted by molar-refractivity contribution is -0.130. The van der Waals surface area contributed by atoms with Crippen LogP contribution in [0.2, 0.25) is 0 Å². The molecule has 0 aliphatic heterocycles. The van der Waals surface area contributed by atoms with Crippen molar-refractivity contribution in [2.45, 2.75) is 19.0 Å². The maximum atomic E-state index is 12.7. The number of carbonyl (C=O) groups is 1. The molecular weight excluding hydrogens is 340 g/mol. The molecule has 26 heavy (non-hydrogen) atoms. The maximum Gasteiger partial charge on any atom is 0.236 e. The van der Waals surface area contributed by atoms with Crippen molar-refractivity contribution in [1.29, 1.82) is 0 Å². The first kappa shape index (κ1) is 18.4. The van der Waals surface area contributed by atoms with Crippen molar-refractivity contribution in [3.63, 3.8) is 0 Å². The summed E-state index contributed by atoms with van der Waals surface area (Å²) >= 11 is 1.70. The molecule has 0 bridgehead atoms. The van der Waals surface area contributed by atoms with E-state index in [-0.39, 0.29) is 18.0 Å². The summed E-state index contributed by atoms with van der Waals surface area (Å²) in [5, 5.41) is 5.51. The van der Waals surface area contributed by atoms with Gasteiger partial charge in [0.15, 0.2) is 0 Å². The second-order valence-corrected chi connectivity index (χ2v) is 7.31. The van der Waals surface area contributed by atoms with Gasteiger partial charge in [0.05, 0.1) is 18.6 Å². The van der Waals surface area contributed by atoms with Gasteiger partial charge in [-0.1, -0.05) is 66.7 Å². The average molecular weight is 365 g/mol. The summed E-state index contributed by atoms with van der Waals surface area (Å²) in [4.78, 5) is 15.7. The van der Waals surface area contributed by atoms with Crippen LogP contribution < -0.4 is 5.32 Å². The van der Waals surface area contributed by atoms with E-state index in [0.29, 0.717) is 6.54 Å². The Morgan fingerprint density at radius 3 is 2.15 bits per heavy atom. The van der Waals surface area contributed by atoms with Gasteiger partial charge in [0.1, 0.15) is 0 Å². The zero-order chi connectivity index (χ0) is 18.4. The Kier molecular flexibility index (Phi) is 6.21. The fraction of sp³-hybridized carbons (Fsp3) is 0.227. The van der Waals surface area contributed by atoms with Crippen LogP contribution in [0, 0.1) is 0 Å². The third kappa shape index (κ3) is 4.40. The zero-order valence-electron chi connectivity index (χ0n) is 15.1. The first-order valence-corrected chi connectivity index (χ1v) is 9.67. The number of hydrogen-bond donors (Lipinski definition) is 1. The quantitative estimate of drug-likeness (QED) is 0.662. The van der Waals surface area contributed by atoms with Crippen LogP contribution >= 0.6 is 11.3 Å². The summed E-state index contributed by atoms with van der Waals surface area (Å²) in [5.41, 5.74) is 2.31. The minimum Gasteiger partial charge on any atom is -0.338 e. The van der Waals surface area contributed by atoms with E-state index < -0.39 is 0 Å². The highest BCUT2D eigenvalue weighted by molar-refractivity contribution is 7.10. The molecule has 3 rings (SSSR count). The Hall–Kier alpha value is -2.43. The molecule has 134 valence electrons. The number of nitrogens with zero attached hydrogens (tertiary/aromatic N) is 1. The molecular formula is C22H24N2OS. The van der Waals surface area contributed by atoms with Crippen molar-refractivity contribution in [3.8, 4) is 0 Å². The van der Waals surface area contributed by atoms with Gasteiger partial charge in [-0.15, -0.1) is 11.3 Å². The van der Waals surface area contributed by atoms with Crippen LogP contribution in [0.25, 0.3) is 0 Å². The van der Waals surface area contributed by atoms with Crippen LogP contribution in [-0.2, 0) is 4.79 Å². The number of likely N-dealkylation sites (N-methyl/N-ethyl adjacent to an activating group) is 1. The van der Waals surface area contributed by atoms with Crippen molar-refractivity contribution >= 4 is 17.2 Å². The molecule has 1 amide bonds. The molecule has 1 aromatic heterocycles. The maximum absolute atomic E-state index is 12.7. The van der Waals surface area contributed by atoms with Crippen LogP contribution in [0.5, 0.6) is 0 Å². The van der Waals surface area contributed by atoms with E-state index in [1.165, 1.54) is 10.4 Å². The molecule has 0 fully saturated rings. The highest BCUT2D eigenvalue weighted by atomic mass is 32.1. The zero-order valence-corrected chi connectivity index (χ0v) is 15.9. The second-order valence-electron chi connectivity index (χ2n) is 6.33. The van der Waals surface area contributed by atoms with E-state index >= 15 is 0 Å². The number of thiophene rings is 1. The molecule has 2 aromatic carbocycles. The van der Waals surface area contributed by atoms with Gasteiger partial charge in [-0.05, 0) is 29.5 Å². The summed E-state index contributed by atoms with van der Waals surface area (Å²) in [6.07, 6.45) is 0. The standard InChI is InChI=1S/C22H24N2OS/c1-17(18-10-5-3-6-11-18)24(2)21(25)16-23-22(20-14-9-15-26-20)19-12-7-4-8-13-19/h3-15,17,22-23H,16H2,1-2H3/t17-,22-/m0/s1. The molecule has 0 radical (unpaired) electrons. The summed E-state index contributed by atoms with van der Waals surface area (Å²) in [6.45, 7) is 2.35. The predicted molar refractivity (Wildman–Crippen MR) is 108 cm³/mol. The number of nitrogens with one attached hydrogen (secondary N) is 1. The Balaban J connectivity index is 1.68. The van der Waals surface area contributed by atoms with E-state index in [1.807, 2.05) is 49.5 Å². The van der Waals surface area contributed by atoms with Crippen molar-refractivity contribution in [3.05, 3.63) is 94.2 Å². The van der Waals surface area contributed by atoms with Crippen molar-refractivity contribution < 1.29 is 4.79 Å². The summed E-state index contributed by atoms with van der Waals surface area (Å²) in [6, 6.07) is 24.6. The fourth-order valence-corrected chi connectivity index (χ4v) is 3.80. The largest absolute Gasteiger partial charge is 0.338 e. The second kappa shape index (κ2) is 8.79. The molecule has 3 aromatic rings. The highest BCUT2D eigenvalue weighted by Crippen LogP contribution is 2.26. The monoisotopic (exact) mass is 364 g/mol. The molecule has 0 aliphatic rings. The van der Waals surface area contributed by atoms with E-state index in [1.54, 1.807) is 16.2 Å². The van der Waals surface area contributed by atoms with Crippen molar-refractivity contribution in [2.24, 2.45) is 0 Å². The molecule has 1 N–H and O–H groups in total. The minimum absolute atomic E-state index is 0.0283. The van der Waals surface area contributed by atoms with Gasteiger partial charge < -0.3 is 4.90 Å². The molecule has 1 heterocycles. The Morgan fingerprint density at radius 1 is 0.962 bits per heavy atom. The third-order valence-electron chi connectivity index (χ3n) is 4.67. The summed E-state index contributed by atoms with van der Waals surface area (Å²) < 4.78 is 0. The van der Waals surface area contributed by atoms with Gasteiger partial charge in [-0.3, -0.25) is 10.1 Å². The van der Waals surface area contributed by atoms with Gasteiger partial charge >= 0.3 is 0 Å². The summed E-state index contributed by atoms with van der Waals surface area (Å²) in [5.74, 6) is 0.0823. The van der Waals surface area contributed by atoms with Crippen LogP contribution in [0.3, 0.4) is 0 Å². The normalized spacial score (nSPS) is 13.2. The number of rotatable bonds is 7. The number of amides is 1. The predicted octanol–water partition coefficient (Wildman–Crippen LogP) is 4.65. The van der Waals surface area contributed by atoms with Gasteiger partial charge in [0, 0.05) is 11.9 Å². The highest BCUT2D eigenvalue weighted by Gasteiger charge is 2.20. The van der Waals surface area contributed by atoms with Gasteiger partial charge in [-0.2, -0.15) is 0 Å². The van der Waals surface area contributed by atoms with E-state index in [2.05, 4.69) is 48.0 Å². The smallest absolute Gasteiger partial charge is 0.236 e. The SMILES string of the molecule is C[C@@H](c1ccccc1)N(C)C(=O)CN[C@@H](c1ccccc1)c1cccs1. The van der Waals surface area contributed by atoms with Crippen LogP contribution in [0.4, 0.5) is 0 Å². The molecule has 4 heteroatoms. The van der Waals surface area contributed by atoms with Gasteiger partial charge in [0.2, 0.25) is 5.91 Å². The van der Waals surface area contributed by atoms with Gasteiger partial charge in [0.25, 0.3) is 0 Å². The molecule has 0 spiro atoms. The average Bonchev–Trinajstić information content (AvgIpc) is 3.23.